The molecule has 0 radical (unpaired) electrons. The molecule has 2 aromatic rings. The summed E-state index contributed by atoms with van der Waals surface area (Å²) in [5.41, 5.74) is 3.21. The van der Waals surface area contributed by atoms with E-state index in [0.29, 0.717) is 23.8 Å². The molecule has 8 nitrogen and oxygen atoms in total. The number of nitrogens with one attached hydrogen (secondary N) is 2. The first-order valence-electron chi connectivity index (χ1n) is 9.84. The first-order chi connectivity index (χ1) is 14.0. The Balaban J connectivity index is 0.00000450. The van der Waals surface area contributed by atoms with Crippen molar-refractivity contribution in [3.05, 3.63) is 35.2 Å². The minimum atomic E-state index is 0. The number of hydrogen-bond donors (Lipinski definition) is 2. The zero-order chi connectivity index (χ0) is 21.2. The van der Waals surface area contributed by atoms with Gasteiger partial charge in [-0.3, -0.25) is 4.68 Å². The minimum Gasteiger partial charge on any atom is -0.493 e. The van der Waals surface area contributed by atoms with Gasteiger partial charge < -0.3 is 24.8 Å². The highest BCUT2D eigenvalue weighted by Crippen LogP contribution is 2.38. The maximum absolute atomic E-state index is 5.41. The quantitative estimate of drug-likeness (QED) is 0.212. The van der Waals surface area contributed by atoms with Crippen molar-refractivity contribution in [3.63, 3.8) is 0 Å². The smallest absolute Gasteiger partial charge is 0.203 e. The van der Waals surface area contributed by atoms with Crippen LogP contribution in [0.3, 0.4) is 0 Å². The van der Waals surface area contributed by atoms with E-state index in [1.54, 1.807) is 21.3 Å². The minimum absolute atomic E-state index is 0. The molecule has 0 atom stereocenters. The summed E-state index contributed by atoms with van der Waals surface area (Å²) < 4.78 is 18.2. The summed E-state index contributed by atoms with van der Waals surface area (Å²) in [6, 6.07) is 5.92. The van der Waals surface area contributed by atoms with Crippen LogP contribution in [0.15, 0.2) is 23.2 Å². The van der Waals surface area contributed by atoms with Gasteiger partial charge in [0.2, 0.25) is 5.75 Å². The second-order valence-corrected chi connectivity index (χ2v) is 6.66. The van der Waals surface area contributed by atoms with Gasteiger partial charge in [0.25, 0.3) is 0 Å². The fraction of sp³-hybridized carbons (Fsp3) is 0.524. The number of aromatic nitrogens is 2. The van der Waals surface area contributed by atoms with E-state index in [4.69, 9.17) is 14.2 Å². The van der Waals surface area contributed by atoms with E-state index in [1.807, 2.05) is 30.7 Å². The van der Waals surface area contributed by atoms with Crippen molar-refractivity contribution < 1.29 is 14.2 Å². The molecule has 0 amide bonds. The molecular formula is C21H34IN5O3. The number of guanidine groups is 1. The third kappa shape index (κ3) is 7.26. The van der Waals surface area contributed by atoms with Crippen molar-refractivity contribution in [2.24, 2.45) is 4.99 Å². The van der Waals surface area contributed by atoms with E-state index in [2.05, 4.69) is 33.7 Å². The lowest BCUT2D eigenvalue weighted by molar-refractivity contribution is 0.324. The summed E-state index contributed by atoms with van der Waals surface area (Å²) in [7, 11) is 4.81. The monoisotopic (exact) mass is 531 g/mol. The molecule has 0 aliphatic carbocycles. The Labute approximate surface area is 196 Å². The lowest BCUT2D eigenvalue weighted by atomic mass is 10.2. The maximum Gasteiger partial charge on any atom is 0.203 e. The topological polar surface area (TPSA) is 81.9 Å². The molecule has 0 spiro atoms. The van der Waals surface area contributed by atoms with E-state index in [-0.39, 0.29) is 24.0 Å². The van der Waals surface area contributed by atoms with E-state index < -0.39 is 0 Å². The van der Waals surface area contributed by atoms with E-state index in [0.717, 1.165) is 43.3 Å². The molecule has 0 aliphatic rings. The van der Waals surface area contributed by atoms with Gasteiger partial charge in [-0.15, -0.1) is 24.0 Å². The molecular weight excluding hydrogens is 497 g/mol. The maximum atomic E-state index is 5.41. The van der Waals surface area contributed by atoms with Crippen LogP contribution in [0.5, 0.6) is 17.2 Å². The first-order valence-corrected chi connectivity index (χ1v) is 9.84. The molecule has 1 aromatic carbocycles. The SMILES string of the molecule is CCNC(=NCc1cc(OC)c(OC)c(OC)c1)NCCCn1nc(C)cc1C.I. The number of ether oxygens (including phenoxy) is 3. The molecule has 0 unspecified atom stereocenters. The number of rotatable bonds is 10. The van der Waals surface area contributed by atoms with Gasteiger partial charge in [-0.1, -0.05) is 0 Å². The number of benzene rings is 1. The molecule has 30 heavy (non-hydrogen) atoms. The number of aryl methyl sites for hydroxylation is 3. The van der Waals surface area contributed by atoms with Crippen LogP contribution in [0.4, 0.5) is 0 Å². The highest BCUT2D eigenvalue weighted by molar-refractivity contribution is 14.0. The van der Waals surface area contributed by atoms with Gasteiger partial charge in [0.15, 0.2) is 17.5 Å². The average molecular weight is 531 g/mol. The molecule has 2 N–H and O–H groups in total. The Morgan fingerprint density at radius 3 is 2.20 bits per heavy atom. The molecule has 2 rings (SSSR count). The van der Waals surface area contributed by atoms with Crippen LogP contribution in [0.1, 0.15) is 30.3 Å². The zero-order valence-corrected chi connectivity index (χ0v) is 21.1. The van der Waals surface area contributed by atoms with Crippen LogP contribution in [0, 0.1) is 13.8 Å². The lowest BCUT2D eigenvalue weighted by Gasteiger charge is -2.14. The van der Waals surface area contributed by atoms with Gasteiger partial charge in [-0.05, 0) is 51.0 Å². The second-order valence-electron chi connectivity index (χ2n) is 6.66. The number of aliphatic imine (C=N–C) groups is 1. The van der Waals surface area contributed by atoms with E-state index in [1.165, 1.54) is 5.69 Å². The lowest BCUT2D eigenvalue weighted by Crippen LogP contribution is -2.38. The van der Waals surface area contributed by atoms with Gasteiger partial charge in [0.05, 0.1) is 33.6 Å². The van der Waals surface area contributed by atoms with Crippen molar-refractivity contribution in [1.29, 1.82) is 0 Å². The van der Waals surface area contributed by atoms with Crippen molar-refractivity contribution in [2.45, 2.75) is 40.3 Å². The number of nitrogens with zero attached hydrogens (tertiary/aromatic N) is 3. The van der Waals surface area contributed by atoms with Gasteiger partial charge in [0.1, 0.15) is 0 Å². The van der Waals surface area contributed by atoms with Crippen LogP contribution >= 0.6 is 24.0 Å². The summed E-state index contributed by atoms with van der Waals surface area (Å²) in [6.07, 6.45) is 0.955. The third-order valence-corrected chi connectivity index (χ3v) is 4.43. The molecule has 0 fully saturated rings. The van der Waals surface area contributed by atoms with E-state index in [9.17, 15) is 0 Å². The second kappa shape index (κ2) is 13.2. The van der Waals surface area contributed by atoms with Crippen molar-refractivity contribution in [3.8, 4) is 17.2 Å². The molecule has 0 saturated heterocycles. The van der Waals surface area contributed by atoms with Crippen molar-refractivity contribution in [1.82, 2.24) is 20.4 Å². The van der Waals surface area contributed by atoms with Crippen LogP contribution < -0.4 is 24.8 Å². The Hall–Kier alpha value is -2.17. The summed E-state index contributed by atoms with van der Waals surface area (Å²) in [6.45, 7) is 9.10. The van der Waals surface area contributed by atoms with Crippen LogP contribution in [0.2, 0.25) is 0 Å². The predicted octanol–water partition coefficient (Wildman–Crippen LogP) is 3.29. The Morgan fingerprint density at radius 2 is 1.70 bits per heavy atom. The van der Waals surface area contributed by atoms with Crippen molar-refractivity contribution in [2.75, 3.05) is 34.4 Å². The largest absolute Gasteiger partial charge is 0.493 e. The normalized spacial score (nSPS) is 10.9. The third-order valence-electron chi connectivity index (χ3n) is 4.43. The molecule has 9 heteroatoms. The first kappa shape index (κ1) is 25.9. The van der Waals surface area contributed by atoms with Crippen LogP contribution in [-0.4, -0.2) is 50.2 Å². The number of methoxy groups -OCH3 is 3. The summed E-state index contributed by atoms with van der Waals surface area (Å²) in [5.74, 6) is 2.60. The molecule has 1 aromatic heterocycles. The fourth-order valence-electron chi connectivity index (χ4n) is 3.08. The van der Waals surface area contributed by atoms with Gasteiger partial charge >= 0.3 is 0 Å². The van der Waals surface area contributed by atoms with Gasteiger partial charge in [-0.25, -0.2) is 4.99 Å². The van der Waals surface area contributed by atoms with Crippen LogP contribution in [0.25, 0.3) is 0 Å². The molecule has 0 aliphatic heterocycles. The molecule has 0 saturated carbocycles. The van der Waals surface area contributed by atoms with Crippen LogP contribution in [-0.2, 0) is 13.1 Å². The predicted molar refractivity (Wildman–Crippen MR) is 131 cm³/mol. The fourth-order valence-corrected chi connectivity index (χ4v) is 3.08. The van der Waals surface area contributed by atoms with Gasteiger partial charge in [0, 0.05) is 25.3 Å². The summed E-state index contributed by atoms with van der Waals surface area (Å²) in [4.78, 5) is 4.68. The number of halogens is 1. The van der Waals surface area contributed by atoms with Gasteiger partial charge in [-0.2, -0.15) is 5.10 Å². The highest BCUT2D eigenvalue weighted by atomic mass is 127. The zero-order valence-electron chi connectivity index (χ0n) is 18.7. The average Bonchev–Trinajstić information content (AvgIpc) is 3.05. The Bertz CT molecular complexity index is 798. The van der Waals surface area contributed by atoms with Crippen molar-refractivity contribution >= 4 is 29.9 Å². The summed E-state index contributed by atoms with van der Waals surface area (Å²) >= 11 is 0. The summed E-state index contributed by atoms with van der Waals surface area (Å²) in [5, 5.41) is 11.1. The molecule has 0 bridgehead atoms. The highest BCUT2D eigenvalue weighted by Gasteiger charge is 2.13. The van der Waals surface area contributed by atoms with E-state index >= 15 is 0 Å². The number of hydrogen-bond acceptors (Lipinski definition) is 5. The molecule has 1 heterocycles. The Morgan fingerprint density at radius 1 is 1.03 bits per heavy atom. The molecule has 168 valence electrons. The Kier molecular flexibility index (Phi) is 11.4. The standard InChI is InChI=1S/C21H33N5O3.HI/c1-7-22-21(23-9-8-10-26-16(3)11-15(2)25-26)24-14-17-12-18(27-4)20(29-6)19(13-17)28-5;/h11-13H,7-10,14H2,1-6H3,(H2,22,23,24);1H.